The van der Waals surface area contributed by atoms with Crippen molar-refractivity contribution in [3.05, 3.63) is 60.7 Å². The topological polar surface area (TPSA) is 61.8 Å². The molecule has 0 aromatic heterocycles. The number of esters is 2. The fourth-order valence-corrected chi connectivity index (χ4v) is 12.3. The lowest BCUT2D eigenvalue weighted by atomic mass is 10.0. The van der Waals surface area contributed by atoms with Crippen LogP contribution in [0.3, 0.4) is 0 Å². The van der Waals surface area contributed by atoms with Crippen LogP contribution < -0.4 is 10.4 Å². The molecule has 0 bridgehead atoms. The lowest BCUT2D eigenvalue weighted by molar-refractivity contribution is -0.152. The second-order valence-electron chi connectivity index (χ2n) is 11.4. The maximum Gasteiger partial charge on any atom is 0.309 e. The summed E-state index contributed by atoms with van der Waals surface area (Å²) in [5, 5.41) is 2.12. The van der Waals surface area contributed by atoms with Crippen LogP contribution in [0.4, 0.5) is 0 Å². The third kappa shape index (κ3) is 11.5. The summed E-state index contributed by atoms with van der Waals surface area (Å²) in [5.41, 5.74) is -0.708. The predicted molar refractivity (Wildman–Crippen MR) is 173 cm³/mol. The first-order valence-corrected chi connectivity index (χ1v) is 20.1. The van der Waals surface area contributed by atoms with Crippen molar-refractivity contribution in [1.29, 1.82) is 0 Å². The van der Waals surface area contributed by atoms with Crippen molar-refractivity contribution in [3.8, 4) is 0 Å². The summed E-state index contributed by atoms with van der Waals surface area (Å²) < 4.78 is 18.9. The van der Waals surface area contributed by atoms with Crippen molar-refractivity contribution in [2.75, 3.05) is 13.2 Å². The molecule has 0 saturated carbocycles. The highest BCUT2D eigenvalue weighted by Gasteiger charge is 2.48. The Morgan fingerprint density at radius 1 is 0.780 bits per heavy atom. The third-order valence-electron chi connectivity index (χ3n) is 8.24. The number of rotatable bonds is 20. The van der Waals surface area contributed by atoms with Crippen molar-refractivity contribution in [3.63, 3.8) is 0 Å². The van der Waals surface area contributed by atoms with E-state index >= 15 is 0 Å². The van der Waals surface area contributed by atoms with Gasteiger partial charge in [0.05, 0.1) is 25.2 Å². The Balaban J connectivity index is 2.38. The van der Waals surface area contributed by atoms with Crippen LogP contribution in [0.2, 0.25) is 18.6 Å². The Kier molecular flexibility index (Phi) is 16.3. The molecule has 0 aliphatic rings. The second-order valence-corrected chi connectivity index (χ2v) is 17.4. The molecule has 0 heterocycles. The van der Waals surface area contributed by atoms with E-state index < -0.39 is 22.9 Å². The third-order valence-corrected chi connectivity index (χ3v) is 15.6. The number of unbranched alkanes of at least 4 members (excludes halogenated alkanes) is 2. The first-order chi connectivity index (χ1) is 19.8. The van der Waals surface area contributed by atoms with Crippen molar-refractivity contribution in [2.24, 2.45) is 11.8 Å². The van der Waals surface area contributed by atoms with Gasteiger partial charge in [0.1, 0.15) is 0 Å². The predicted octanol–water partition coefficient (Wildman–Crippen LogP) is 7.29. The first-order valence-electron chi connectivity index (χ1n) is 15.7. The van der Waals surface area contributed by atoms with Gasteiger partial charge in [-0.2, -0.15) is 0 Å². The first kappa shape index (κ1) is 35.0. The Bertz CT molecular complexity index is 1000. The molecule has 0 aliphatic heterocycles. The van der Waals surface area contributed by atoms with E-state index in [1.165, 1.54) is 0 Å². The van der Waals surface area contributed by atoms with Crippen molar-refractivity contribution < 1.29 is 23.2 Å². The fourth-order valence-electron chi connectivity index (χ4n) is 5.19. The maximum absolute atomic E-state index is 14.0. The molecule has 0 fully saturated rings. The van der Waals surface area contributed by atoms with E-state index in [-0.39, 0.29) is 18.4 Å². The number of benzene rings is 2. The summed E-state index contributed by atoms with van der Waals surface area (Å²) in [6.07, 6.45) is 8.43. The molecular formula is C34H53O5Si2. The van der Waals surface area contributed by atoms with Gasteiger partial charge in [-0.15, -0.1) is 0 Å². The quantitative estimate of drug-likeness (QED) is 0.118. The van der Waals surface area contributed by atoms with E-state index in [0.717, 1.165) is 61.7 Å². The van der Waals surface area contributed by atoms with Gasteiger partial charge in [-0.05, 0) is 48.1 Å². The molecule has 7 heteroatoms. The Morgan fingerprint density at radius 2 is 1.29 bits per heavy atom. The molecule has 41 heavy (non-hydrogen) atoms. The molecule has 2 aromatic carbocycles. The minimum Gasteiger partial charge on any atom is -0.465 e. The monoisotopic (exact) mass is 597 g/mol. The summed E-state index contributed by atoms with van der Waals surface area (Å²) in [7, 11) is -4.52. The van der Waals surface area contributed by atoms with Crippen LogP contribution in [0.25, 0.3) is 0 Å². The summed E-state index contributed by atoms with van der Waals surface area (Å²) in [6, 6.07) is 20.2. The lowest BCUT2D eigenvalue weighted by Crippen LogP contribution is -2.59. The number of hydrogen-bond acceptors (Lipinski definition) is 5. The molecule has 4 unspecified atom stereocenters. The van der Waals surface area contributed by atoms with Crippen LogP contribution in [0.15, 0.2) is 60.7 Å². The summed E-state index contributed by atoms with van der Waals surface area (Å²) in [6.45, 7) is 13.6. The minimum atomic E-state index is -3.05. The lowest BCUT2D eigenvalue weighted by Gasteiger charge is -2.36. The maximum atomic E-state index is 14.0. The zero-order valence-electron chi connectivity index (χ0n) is 26.3. The molecule has 0 aliphatic carbocycles. The van der Waals surface area contributed by atoms with Gasteiger partial charge in [0.2, 0.25) is 17.4 Å². The van der Waals surface area contributed by atoms with E-state index in [9.17, 15) is 9.59 Å². The fraction of sp³-hybridized carbons (Fsp3) is 0.588. The average Bonchev–Trinajstić information content (AvgIpc) is 3.00. The van der Waals surface area contributed by atoms with Crippen LogP contribution in [0.5, 0.6) is 0 Å². The van der Waals surface area contributed by atoms with Crippen molar-refractivity contribution >= 4 is 39.7 Å². The zero-order valence-corrected chi connectivity index (χ0v) is 28.3. The van der Waals surface area contributed by atoms with E-state index in [0.29, 0.717) is 25.0 Å². The van der Waals surface area contributed by atoms with Gasteiger partial charge in [-0.25, -0.2) is 0 Å². The Morgan fingerprint density at radius 3 is 1.80 bits per heavy atom. The molecule has 4 atom stereocenters. The highest BCUT2D eigenvalue weighted by molar-refractivity contribution is 6.94. The van der Waals surface area contributed by atoms with Gasteiger partial charge in [-0.1, -0.05) is 127 Å². The van der Waals surface area contributed by atoms with Crippen LogP contribution in [-0.4, -0.2) is 42.5 Å². The molecule has 0 amide bonds. The van der Waals surface area contributed by atoms with E-state index in [2.05, 4.69) is 52.9 Å². The van der Waals surface area contributed by atoms with Gasteiger partial charge in [-0.3, -0.25) is 9.59 Å². The number of hydrogen-bond donors (Lipinski definition) is 0. The van der Waals surface area contributed by atoms with E-state index in [1.54, 1.807) is 0 Å². The van der Waals surface area contributed by atoms with Gasteiger partial charge in [0.15, 0.2) is 0 Å². The molecule has 2 rings (SSSR count). The molecule has 5 nitrogen and oxygen atoms in total. The number of ether oxygens (including phenoxy) is 2. The van der Waals surface area contributed by atoms with E-state index in [1.807, 2.05) is 48.5 Å². The number of carbonyl (C=O) groups excluding carboxylic acids is 2. The van der Waals surface area contributed by atoms with Gasteiger partial charge < -0.3 is 13.6 Å². The normalized spacial score (nSPS) is 15.1. The van der Waals surface area contributed by atoms with Gasteiger partial charge in [0.25, 0.3) is 0 Å². The molecular weight excluding hydrogens is 545 g/mol. The molecule has 0 spiro atoms. The van der Waals surface area contributed by atoms with E-state index in [4.69, 9.17) is 13.6 Å². The SMILES string of the molecule is CCCCC(CC)COC(=O)CC(C(=O)OCC(CC)CCCC)[Si](C)(O[Si](C)c1ccccc1)c1ccccc1. The van der Waals surface area contributed by atoms with Gasteiger partial charge in [0, 0.05) is 0 Å². The van der Waals surface area contributed by atoms with Crippen molar-refractivity contribution in [2.45, 2.75) is 104 Å². The summed E-state index contributed by atoms with van der Waals surface area (Å²) in [4.78, 5) is 27.3. The number of carbonyl (C=O) groups is 2. The second kappa shape index (κ2) is 19.1. The van der Waals surface area contributed by atoms with Crippen LogP contribution >= 0.6 is 0 Å². The molecule has 1 radical (unpaired) electrons. The highest BCUT2D eigenvalue weighted by atomic mass is 28.4. The Hall–Kier alpha value is -2.23. The van der Waals surface area contributed by atoms with Crippen LogP contribution in [0.1, 0.15) is 85.5 Å². The van der Waals surface area contributed by atoms with Gasteiger partial charge >= 0.3 is 11.9 Å². The summed E-state index contributed by atoms with van der Waals surface area (Å²) >= 11 is 0. The zero-order chi connectivity index (χ0) is 30.1. The minimum absolute atomic E-state index is 0.0314. The highest BCUT2D eigenvalue weighted by Crippen LogP contribution is 2.31. The van der Waals surface area contributed by atoms with Crippen LogP contribution in [0, 0.1) is 11.8 Å². The molecule has 227 valence electrons. The largest absolute Gasteiger partial charge is 0.465 e. The average molecular weight is 598 g/mol. The molecule has 0 N–H and O–H groups in total. The standard InChI is InChI=1S/C34H53O5Si2/c1-7-11-19-28(9-3)26-37-33(35)25-32(34(36)38-27-29(10-4)20-12-8-2)41(6,31-23-17-14-18-24-31)39-40(5)30-21-15-13-16-22-30/h13-18,21-24,28-29,32H,7-12,19-20,25-27H2,1-6H3. The molecule has 2 aromatic rings. The van der Waals surface area contributed by atoms with Crippen LogP contribution in [-0.2, 0) is 23.2 Å². The van der Waals surface area contributed by atoms with Crippen molar-refractivity contribution in [1.82, 2.24) is 0 Å². The smallest absolute Gasteiger partial charge is 0.309 e. The Labute approximate surface area is 252 Å². The molecule has 0 saturated heterocycles. The summed E-state index contributed by atoms with van der Waals surface area (Å²) in [5.74, 6) is -0.0275.